The normalized spacial score (nSPS) is 13.7. The van der Waals surface area contributed by atoms with Gasteiger partial charge in [0.25, 0.3) is 5.91 Å². The van der Waals surface area contributed by atoms with E-state index >= 15 is 0 Å². The zero-order valence-corrected chi connectivity index (χ0v) is 17.4. The highest BCUT2D eigenvalue weighted by Crippen LogP contribution is 2.27. The molecule has 144 valence electrons. The summed E-state index contributed by atoms with van der Waals surface area (Å²) in [6.07, 6.45) is 4.17. The van der Waals surface area contributed by atoms with E-state index in [-0.39, 0.29) is 5.91 Å². The summed E-state index contributed by atoms with van der Waals surface area (Å²) in [5.74, 6) is 1.58. The number of nitrogens with one attached hydrogen (secondary N) is 1. The topological polar surface area (TPSA) is 58.1 Å². The molecule has 2 aromatic heterocycles. The average molecular weight is 411 g/mol. The molecule has 0 spiro atoms. The van der Waals surface area contributed by atoms with Gasteiger partial charge in [-0.1, -0.05) is 30.0 Å². The number of carbonyl (C=O) groups excluding carboxylic acids is 1. The second-order valence-corrected chi connectivity index (χ2v) is 8.83. The van der Waals surface area contributed by atoms with Gasteiger partial charge < -0.3 is 10.2 Å². The lowest BCUT2D eigenvalue weighted by Gasteiger charge is -2.16. The first kappa shape index (κ1) is 19.0. The molecule has 4 rings (SSSR count). The number of anilines is 2. The van der Waals surface area contributed by atoms with Crippen molar-refractivity contribution in [2.75, 3.05) is 23.3 Å². The predicted molar refractivity (Wildman–Crippen MR) is 116 cm³/mol. The zero-order chi connectivity index (χ0) is 19.3. The monoisotopic (exact) mass is 410 g/mol. The van der Waals surface area contributed by atoms with Gasteiger partial charge in [0.2, 0.25) is 0 Å². The van der Waals surface area contributed by atoms with Crippen LogP contribution >= 0.6 is 23.1 Å². The number of carbonyl (C=O) groups is 1. The Morgan fingerprint density at radius 2 is 2.04 bits per heavy atom. The third kappa shape index (κ3) is 4.54. The van der Waals surface area contributed by atoms with Crippen LogP contribution < -0.4 is 10.2 Å². The summed E-state index contributed by atoms with van der Waals surface area (Å²) in [4.78, 5) is 24.1. The van der Waals surface area contributed by atoms with Gasteiger partial charge in [0, 0.05) is 35.5 Å². The lowest BCUT2D eigenvalue weighted by atomic mass is 10.1. The fraction of sp³-hybridized carbons (Fsp3) is 0.286. The number of amides is 1. The Hall–Kier alpha value is -2.38. The largest absolute Gasteiger partial charge is 0.357 e. The van der Waals surface area contributed by atoms with E-state index in [1.807, 2.05) is 48.7 Å². The smallest absolute Gasteiger partial charge is 0.256 e. The maximum Gasteiger partial charge on any atom is 0.256 e. The first-order chi connectivity index (χ1) is 13.7. The molecular weight excluding hydrogens is 388 g/mol. The van der Waals surface area contributed by atoms with E-state index in [9.17, 15) is 4.79 Å². The molecule has 1 amide bonds. The number of aromatic nitrogens is 2. The van der Waals surface area contributed by atoms with Gasteiger partial charge in [0.1, 0.15) is 10.2 Å². The number of hydrogen-bond acceptors (Lipinski definition) is 6. The van der Waals surface area contributed by atoms with Gasteiger partial charge in [0.15, 0.2) is 0 Å². The maximum absolute atomic E-state index is 12.8. The van der Waals surface area contributed by atoms with Crippen LogP contribution in [-0.2, 0) is 5.75 Å². The van der Waals surface area contributed by atoms with Crippen LogP contribution in [0.15, 0.2) is 52.3 Å². The Kier molecular flexibility index (Phi) is 5.92. The average Bonchev–Trinajstić information content (AvgIpc) is 3.39. The minimum absolute atomic E-state index is 0.109. The molecule has 1 N–H and O–H groups in total. The van der Waals surface area contributed by atoms with Crippen LogP contribution in [0.5, 0.6) is 0 Å². The SMILES string of the molecule is Cc1csc(SCc2ccccc2C(=O)Nc2ccc(N3CCCC3)nc2)n1. The van der Waals surface area contributed by atoms with E-state index in [2.05, 4.69) is 20.2 Å². The number of thioether (sulfide) groups is 1. The molecule has 0 aliphatic carbocycles. The molecule has 28 heavy (non-hydrogen) atoms. The second kappa shape index (κ2) is 8.75. The van der Waals surface area contributed by atoms with Gasteiger partial charge in [-0.15, -0.1) is 11.3 Å². The van der Waals surface area contributed by atoms with Crippen LogP contribution in [0.4, 0.5) is 11.5 Å². The van der Waals surface area contributed by atoms with Crippen molar-refractivity contribution in [3.8, 4) is 0 Å². The van der Waals surface area contributed by atoms with Crippen LogP contribution in [0.1, 0.15) is 34.5 Å². The quantitative estimate of drug-likeness (QED) is 0.580. The molecule has 1 fully saturated rings. The van der Waals surface area contributed by atoms with Crippen molar-refractivity contribution in [1.82, 2.24) is 9.97 Å². The predicted octanol–water partition coefficient (Wildman–Crippen LogP) is 4.99. The number of pyridine rings is 1. The van der Waals surface area contributed by atoms with E-state index in [0.717, 1.165) is 34.5 Å². The molecule has 1 aliphatic heterocycles. The number of nitrogens with zero attached hydrogens (tertiary/aromatic N) is 3. The first-order valence-electron chi connectivity index (χ1n) is 9.34. The lowest BCUT2D eigenvalue weighted by Crippen LogP contribution is -2.19. The van der Waals surface area contributed by atoms with Crippen molar-refractivity contribution < 1.29 is 4.79 Å². The molecule has 3 aromatic rings. The van der Waals surface area contributed by atoms with E-state index in [0.29, 0.717) is 17.0 Å². The van der Waals surface area contributed by atoms with E-state index < -0.39 is 0 Å². The summed E-state index contributed by atoms with van der Waals surface area (Å²) in [6, 6.07) is 11.6. The molecule has 0 atom stereocenters. The third-order valence-electron chi connectivity index (χ3n) is 4.65. The van der Waals surface area contributed by atoms with Crippen LogP contribution in [0.3, 0.4) is 0 Å². The summed E-state index contributed by atoms with van der Waals surface area (Å²) in [5, 5.41) is 5.02. The summed E-state index contributed by atoms with van der Waals surface area (Å²) < 4.78 is 1.02. The summed E-state index contributed by atoms with van der Waals surface area (Å²) in [5.41, 5.74) is 3.43. The van der Waals surface area contributed by atoms with Gasteiger partial charge >= 0.3 is 0 Å². The molecule has 0 bridgehead atoms. The minimum Gasteiger partial charge on any atom is -0.357 e. The Morgan fingerprint density at radius 1 is 1.21 bits per heavy atom. The van der Waals surface area contributed by atoms with Crippen LogP contribution in [-0.4, -0.2) is 29.0 Å². The van der Waals surface area contributed by atoms with E-state index in [1.165, 1.54) is 12.8 Å². The Balaban J connectivity index is 1.42. The first-order valence-corrected chi connectivity index (χ1v) is 11.2. The third-order valence-corrected chi connectivity index (χ3v) is 6.83. The van der Waals surface area contributed by atoms with Gasteiger partial charge in [-0.25, -0.2) is 9.97 Å². The van der Waals surface area contributed by atoms with Crippen molar-refractivity contribution in [1.29, 1.82) is 0 Å². The molecule has 1 aromatic carbocycles. The Bertz CT molecular complexity index is 949. The highest BCUT2D eigenvalue weighted by atomic mass is 32.2. The summed E-state index contributed by atoms with van der Waals surface area (Å²) >= 11 is 3.29. The van der Waals surface area contributed by atoms with Gasteiger partial charge in [0.05, 0.1) is 11.9 Å². The number of hydrogen-bond donors (Lipinski definition) is 1. The Labute approximate surface area is 173 Å². The van der Waals surface area contributed by atoms with Crippen molar-refractivity contribution >= 4 is 40.5 Å². The number of benzene rings is 1. The molecule has 0 unspecified atom stereocenters. The highest BCUT2D eigenvalue weighted by molar-refractivity contribution is 8.00. The van der Waals surface area contributed by atoms with E-state index in [1.54, 1.807) is 29.3 Å². The molecule has 1 saturated heterocycles. The molecule has 0 radical (unpaired) electrons. The number of thiazole rings is 1. The summed E-state index contributed by atoms with van der Waals surface area (Å²) in [6.45, 7) is 4.11. The molecule has 1 aliphatic rings. The van der Waals surface area contributed by atoms with Crippen LogP contribution in [0.2, 0.25) is 0 Å². The highest BCUT2D eigenvalue weighted by Gasteiger charge is 2.15. The van der Waals surface area contributed by atoms with Crippen molar-refractivity contribution in [2.45, 2.75) is 29.9 Å². The fourth-order valence-electron chi connectivity index (χ4n) is 3.20. The molecule has 3 heterocycles. The van der Waals surface area contributed by atoms with Gasteiger partial charge in [-0.05, 0) is 43.5 Å². The Morgan fingerprint density at radius 3 is 2.75 bits per heavy atom. The van der Waals surface area contributed by atoms with E-state index in [4.69, 9.17) is 0 Å². The van der Waals surface area contributed by atoms with Gasteiger partial charge in [-0.3, -0.25) is 4.79 Å². The number of aryl methyl sites for hydroxylation is 1. The van der Waals surface area contributed by atoms with Crippen molar-refractivity contribution in [3.05, 3.63) is 64.8 Å². The van der Waals surface area contributed by atoms with Gasteiger partial charge in [-0.2, -0.15) is 0 Å². The maximum atomic E-state index is 12.8. The molecular formula is C21H22N4OS2. The standard InChI is InChI=1S/C21H22N4OS2/c1-15-13-27-21(23-15)28-14-16-6-2-3-7-18(16)20(26)24-17-8-9-19(22-12-17)25-10-4-5-11-25/h2-3,6-9,12-13H,4-5,10-11,14H2,1H3,(H,24,26). The second-order valence-electron chi connectivity index (χ2n) is 6.75. The van der Waals surface area contributed by atoms with Crippen LogP contribution in [0.25, 0.3) is 0 Å². The number of rotatable bonds is 6. The molecule has 5 nitrogen and oxygen atoms in total. The zero-order valence-electron chi connectivity index (χ0n) is 15.7. The fourth-order valence-corrected chi connectivity index (χ4v) is 5.05. The van der Waals surface area contributed by atoms with Crippen molar-refractivity contribution in [3.63, 3.8) is 0 Å². The lowest BCUT2D eigenvalue weighted by molar-refractivity contribution is 0.102. The summed E-state index contributed by atoms with van der Waals surface area (Å²) in [7, 11) is 0. The molecule has 0 saturated carbocycles. The van der Waals surface area contributed by atoms with Crippen molar-refractivity contribution in [2.24, 2.45) is 0 Å². The minimum atomic E-state index is -0.109. The van der Waals surface area contributed by atoms with Crippen LogP contribution in [0, 0.1) is 6.92 Å². The molecule has 7 heteroatoms.